The standard InChI is InChI=1S/C27H25ClFN3O5/c1-2-19-13-32(27(35)31-22-6-5-18(28)11-21(22)29)23-7-3-15(10-24(23)37-19)16-4-8-25(30-12-16)36-14-17-9-20(17)26(33)34/h3-8,10-12,17,19-20H,2,9,13-14H2,1H3,(H,31,35)(H,33,34)/t17?,19?,20-/m0/s1. The maximum absolute atomic E-state index is 14.2. The SMILES string of the molecule is CCC1CN(C(=O)Nc2ccc(Cl)cc2F)c2ccc(-c3ccc(OCC4C[C@@H]4C(=O)O)nc3)cc2O1. The van der Waals surface area contributed by atoms with Gasteiger partial charge in [0.25, 0.3) is 0 Å². The number of carbonyl (C=O) groups excluding carboxylic acids is 1. The van der Waals surface area contributed by atoms with Crippen molar-refractivity contribution in [2.75, 3.05) is 23.4 Å². The Hall–Kier alpha value is -3.85. The van der Waals surface area contributed by atoms with Crippen LogP contribution in [0, 0.1) is 17.7 Å². The minimum absolute atomic E-state index is 0.0274. The molecule has 2 N–H and O–H groups in total. The average molecular weight is 526 g/mol. The highest BCUT2D eigenvalue weighted by Gasteiger charge is 2.43. The number of rotatable bonds is 7. The largest absolute Gasteiger partial charge is 0.486 e. The van der Waals surface area contributed by atoms with E-state index in [2.05, 4.69) is 10.3 Å². The number of carboxylic acids is 1. The summed E-state index contributed by atoms with van der Waals surface area (Å²) in [6.07, 6.45) is 2.76. The van der Waals surface area contributed by atoms with Gasteiger partial charge in [0.05, 0.1) is 30.4 Å². The first-order valence-electron chi connectivity index (χ1n) is 12.0. The molecular weight excluding hydrogens is 501 g/mol. The Balaban J connectivity index is 1.31. The number of pyridine rings is 1. The second-order valence-corrected chi connectivity index (χ2v) is 9.57. The van der Waals surface area contributed by atoms with Crippen LogP contribution < -0.4 is 19.7 Å². The number of nitrogens with one attached hydrogen (secondary N) is 1. The summed E-state index contributed by atoms with van der Waals surface area (Å²) in [6.45, 7) is 2.62. The summed E-state index contributed by atoms with van der Waals surface area (Å²) in [6, 6.07) is 12.7. The smallest absolute Gasteiger partial charge is 0.326 e. The number of ether oxygens (including phenoxy) is 2. The third-order valence-electron chi connectivity index (χ3n) is 6.56. The van der Waals surface area contributed by atoms with Gasteiger partial charge in [0, 0.05) is 28.8 Å². The Kier molecular flexibility index (Phi) is 6.88. The summed E-state index contributed by atoms with van der Waals surface area (Å²) < 4.78 is 26.0. The van der Waals surface area contributed by atoms with Gasteiger partial charge >= 0.3 is 12.0 Å². The van der Waals surface area contributed by atoms with Gasteiger partial charge in [-0.3, -0.25) is 9.69 Å². The second kappa shape index (κ2) is 10.3. The van der Waals surface area contributed by atoms with Gasteiger partial charge in [-0.2, -0.15) is 0 Å². The zero-order chi connectivity index (χ0) is 26.1. The van der Waals surface area contributed by atoms with Gasteiger partial charge in [0.15, 0.2) is 0 Å². The quantitative estimate of drug-likeness (QED) is 0.401. The molecule has 1 aromatic heterocycles. The molecule has 192 valence electrons. The van der Waals surface area contributed by atoms with E-state index in [1.165, 1.54) is 12.1 Å². The van der Waals surface area contributed by atoms with E-state index in [0.29, 0.717) is 43.3 Å². The molecule has 0 radical (unpaired) electrons. The summed E-state index contributed by atoms with van der Waals surface area (Å²) in [5, 5.41) is 11.9. The van der Waals surface area contributed by atoms with E-state index in [0.717, 1.165) is 17.2 Å². The number of carbonyl (C=O) groups is 2. The van der Waals surface area contributed by atoms with Crippen LogP contribution in [-0.2, 0) is 4.79 Å². The number of benzene rings is 2. The number of aromatic nitrogens is 1. The highest BCUT2D eigenvalue weighted by atomic mass is 35.5. The summed E-state index contributed by atoms with van der Waals surface area (Å²) in [5.41, 5.74) is 2.28. The molecule has 0 spiro atoms. The molecule has 3 atom stereocenters. The molecule has 37 heavy (non-hydrogen) atoms. The summed E-state index contributed by atoms with van der Waals surface area (Å²) in [5.74, 6) is -0.734. The Morgan fingerprint density at radius 2 is 2.03 bits per heavy atom. The van der Waals surface area contributed by atoms with Gasteiger partial charge in [-0.1, -0.05) is 24.6 Å². The maximum Gasteiger partial charge on any atom is 0.326 e. The number of fused-ring (bicyclic) bond motifs is 1. The van der Waals surface area contributed by atoms with Crippen molar-refractivity contribution in [3.05, 3.63) is 65.6 Å². The van der Waals surface area contributed by atoms with E-state index in [1.54, 1.807) is 23.2 Å². The van der Waals surface area contributed by atoms with Crippen molar-refractivity contribution < 1.29 is 28.6 Å². The van der Waals surface area contributed by atoms with Gasteiger partial charge in [-0.05, 0) is 54.8 Å². The zero-order valence-corrected chi connectivity index (χ0v) is 20.7. The van der Waals surface area contributed by atoms with Crippen molar-refractivity contribution in [2.45, 2.75) is 25.9 Å². The van der Waals surface area contributed by atoms with Crippen molar-refractivity contribution in [2.24, 2.45) is 11.8 Å². The number of anilines is 2. The molecule has 1 aliphatic carbocycles. The number of halogens is 2. The maximum atomic E-state index is 14.2. The number of nitrogens with zero attached hydrogens (tertiary/aromatic N) is 2. The van der Waals surface area contributed by atoms with Crippen molar-refractivity contribution >= 4 is 35.0 Å². The molecule has 0 bridgehead atoms. The van der Waals surface area contributed by atoms with Crippen LogP contribution in [0.5, 0.6) is 11.6 Å². The lowest BCUT2D eigenvalue weighted by Gasteiger charge is -2.35. The van der Waals surface area contributed by atoms with Gasteiger partial charge in [0.1, 0.15) is 17.7 Å². The predicted octanol–water partition coefficient (Wildman–Crippen LogP) is 5.85. The number of carboxylic acid groups (broad SMARTS) is 1. The molecular formula is C27H25ClFN3O5. The molecule has 1 saturated carbocycles. The number of hydrogen-bond acceptors (Lipinski definition) is 5. The van der Waals surface area contributed by atoms with Crippen molar-refractivity contribution in [3.8, 4) is 22.8 Å². The van der Waals surface area contributed by atoms with Crippen molar-refractivity contribution in [1.82, 2.24) is 4.98 Å². The lowest BCUT2D eigenvalue weighted by atomic mass is 10.0. The fourth-order valence-electron chi connectivity index (χ4n) is 4.27. The van der Waals surface area contributed by atoms with Gasteiger partial charge < -0.3 is 19.9 Å². The zero-order valence-electron chi connectivity index (χ0n) is 20.0. The van der Waals surface area contributed by atoms with Crippen LogP contribution in [0.3, 0.4) is 0 Å². The molecule has 5 rings (SSSR count). The van der Waals surface area contributed by atoms with Crippen LogP contribution in [0.2, 0.25) is 5.02 Å². The molecule has 1 aliphatic heterocycles. The lowest BCUT2D eigenvalue weighted by Crippen LogP contribution is -2.45. The molecule has 1 fully saturated rings. The highest BCUT2D eigenvalue weighted by Crippen LogP contribution is 2.40. The third-order valence-corrected chi connectivity index (χ3v) is 6.79. The fourth-order valence-corrected chi connectivity index (χ4v) is 4.43. The number of aliphatic carboxylic acids is 1. The molecule has 3 aromatic rings. The van der Waals surface area contributed by atoms with Crippen LogP contribution in [-0.4, -0.2) is 41.3 Å². The number of urea groups is 1. The molecule has 10 heteroatoms. The van der Waals surface area contributed by atoms with Gasteiger partial charge in [-0.15, -0.1) is 0 Å². The molecule has 2 unspecified atom stereocenters. The molecule has 0 saturated heterocycles. The Bertz CT molecular complexity index is 1340. The van der Waals surface area contributed by atoms with Gasteiger partial charge in [-0.25, -0.2) is 14.2 Å². The fraction of sp³-hybridized carbons (Fsp3) is 0.296. The summed E-state index contributed by atoms with van der Waals surface area (Å²) in [4.78, 5) is 29.9. The predicted molar refractivity (Wildman–Crippen MR) is 137 cm³/mol. The van der Waals surface area contributed by atoms with Crippen LogP contribution in [0.1, 0.15) is 19.8 Å². The summed E-state index contributed by atoms with van der Waals surface area (Å²) in [7, 11) is 0. The van der Waals surface area contributed by atoms with Crippen molar-refractivity contribution in [1.29, 1.82) is 0 Å². The topological polar surface area (TPSA) is 101 Å². The first-order valence-corrected chi connectivity index (χ1v) is 12.4. The van der Waals surface area contributed by atoms with E-state index in [4.69, 9.17) is 26.2 Å². The third kappa shape index (κ3) is 5.46. The highest BCUT2D eigenvalue weighted by molar-refractivity contribution is 6.30. The Labute approximate surface area is 218 Å². The van der Waals surface area contributed by atoms with Crippen LogP contribution in [0.4, 0.5) is 20.6 Å². The van der Waals surface area contributed by atoms with E-state index < -0.39 is 17.8 Å². The van der Waals surface area contributed by atoms with Crippen molar-refractivity contribution in [3.63, 3.8) is 0 Å². The number of amides is 2. The van der Waals surface area contributed by atoms with Crippen LogP contribution >= 0.6 is 11.6 Å². The average Bonchev–Trinajstić information content (AvgIpc) is 3.68. The van der Waals surface area contributed by atoms with E-state index in [1.807, 2.05) is 25.1 Å². The first-order chi connectivity index (χ1) is 17.8. The molecule has 2 amide bonds. The molecule has 8 nitrogen and oxygen atoms in total. The second-order valence-electron chi connectivity index (χ2n) is 9.13. The Morgan fingerprint density at radius 1 is 1.22 bits per heavy atom. The lowest BCUT2D eigenvalue weighted by molar-refractivity contribution is -0.138. The van der Waals surface area contributed by atoms with E-state index in [9.17, 15) is 14.0 Å². The van der Waals surface area contributed by atoms with E-state index in [-0.39, 0.29) is 28.6 Å². The van der Waals surface area contributed by atoms with E-state index >= 15 is 0 Å². The molecule has 2 aromatic carbocycles. The first kappa shape index (κ1) is 24.8. The molecule has 2 aliphatic rings. The van der Waals surface area contributed by atoms with Gasteiger partial charge in [0.2, 0.25) is 5.88 Å². The normalized spacial score (nSPS) is 20.0. The monoisotopic (exact) mass is 525 g/mol. The molecule has 2 heterocycles. The van der Waals surface area contributed by atoms with Crippen LogP contribution in [0.15, 0.2) is 54.7 Å². The minimum atomic E-state index is -0.787. The number of hydrogen-bond donors (Lipinski definition) is 2. The summed E-state index contributed by atoms with van der Waals surface area (Å²) >= 11 is 5.82. The minimum Gasteiger partial charge on any atom is -0.486 e. The van der Waals surface area contributed by atoms with Crippen LogP contribution in [0.25, 0.3) is 11.1 Å². The Morgan fingerprint density at radius 3 is 2.70 bits per heavy atom.